The second kappa shape index (κ2) is 12.0. The Morgan fingerprint density at radius 1 is 1.34 bits per heavy atom. The van der Waals surface area contributed by atoms with E-state index >= 15 is 0 Å². The lowest BCUT2D eigenvalue weighted by Gasteiger charge is -2.31. The molecule has 0 aromatic heterocycles. The highest BCUT2D eigenvalue weighted by Crippen LogP contribution is 2.30. The Morgan fingerprint density at radius 3 is 2.77 bits per heavy atom. The van der Waals surface area contributed by atoms with E-state index in [1.165, 1.54) is 47.9 Å². The molecule has 0 saturated heterocycles. The minimum absolute atomic E-state index is 0.0937. The molecular formula is C26H35FN4O4. The van der Waals surface area contributed by atoms with Gasteiger partial charge in [-0.2, -0.15) is 0 Å². The molecule has 8 nitrogen and oxygen atoms in total. The van der Waals surface area contributed by atoms with E-state index in [1.54, 1.807) is 19.9 Å². The Bertz CT molecular complexity index is 980. The van der Waals surface area contributed by atoms with Gasteiger partial charge in [-0.1, -0.05) is 38.2 Å². The van der Waals surface area contributed by atoms with Crippen LogP contribution >= 0.6 is 0 Å². The molecule has 1 saturated carbocycles. The van der Waals surface area contributed by atoms with Gasteiger partial charge in [0, 0.05) is 24.9 Å². The zero-order chi connectivity index (χ0) is 25.4. The number of ether oxygens (including phenoxy) is 1. The van der Waals surface area contributed by atoms with Crippen LogP contribution in [0.4, 0.5) is 4.39 Å². The summed E-state index contributed by atoms with van der Waals surface area (Å²) in [6.45, 7) is 3.70. The summed E-state index contributed by atoms with van der Waals surface area (Å²) in [6.07, 6.45) is 10.1. The maximum absolute atomic E-state index is 13.5. The topological polar surface area (TPSA) is 115 Å². The molecule has 0 bridgehead atoms. The van der Waals surface area contributed by atoms with Gasteiger partial charge in [-0.3, -0.25) is 15.0 Å². The molecule has 0 spiro atoms. The van der Waals surface area contributed by atoms with Gasteiger partial charge in [-0.25, -0.2) is 4.39 Å². The number of aliphatic hydroxyl groups is 1. The van der Waals surface area contributed by atoms with Crippen molar-refractivity contribution in [2.45, 2.75) is 64.0 Å². The van der Waals surface area contributed by atoms with Crippen LogP contribution in [-0.4, -0.2) is 52.4 Å². The summed E-state index contributed by atoms with van der Waals surface area (Å²) >= 11 is 0. The Balaban J connectivity index is 1.66. The largest absolute Gasteiger partial charge is 0.460 e. The van der Waals surface area contributed by atoms with E-state index in [4.69, 9.17) is 10.1 Å². The van der Waals surface area contributed by atoms with E-state index in [2.05, 4.69) is 10.6 Å². The van der Waals surface area contributed by atoms with Crippen LogP contribution in [0, 0.1) is 17.1 Å². The van der Waals surface area contributed by atoms with Crippen molar-refractivity contribution in [2.75, 3.05) is 13.1 Å². The molecule has 2 amide bonds. The number of hydrogen-bond acceptors (Lipinski definition) is 6. The smallest absolute Gasteiger partial charge is 0.251 e. The highest BCUT2D eigenvalue weighted by Gasteiger charge is 2.36. The van der Waals surface area contributed by atoms with E-state index in [0.29, 0.717) is 18.1 Å². The van der Waals surface area contributed by atoms with E-state index < -0.39 is 23.4 Å². The molecule has 190 valence electrons. The van der Waals surface area contributed by atoms with Crippen LogP contribution in [0.2, 0.25) is 0 Å². The van der Waals surface area contributed by atoms with Crippen molar-refractivity contribution in [3.8, 4) is 5.75 Å². The molecule has 35 heavy (non-hydrogen) atoms. The fraction of sp³-hybridized carbons (Fsp3) is 0.500. The van der Waals surface area contributed by atoms with Crippen LogP contribution in [0.15, 0.2) is 48.4 Å². The van der Waals surface area contributed by atoms with Crippen LogP contribution in [-0.2, 0) is 9.59 Å². The quantitative estimate of drug-likeness (QED) is 0.299. The van der Waals surface area contributed by atoms with Gasteiger partial charge in [-0.15, -0.1) is 0 Å². The van der Waals surface area contributed by atoms with E-state index in [-0.39, 0.29) is 30.6 Å². The van der Waals surface area contributed by atoms with Crippen LogP contribution in [0.1, 0.15) is 52.4 Å². The molecule has 2 aliphatic rings. The lowest BCUT2D eigenvalue weighted by Crippen LogP contribution is -2.50. The first kappa shape index (κ1) is 26.4. The van der Waals surface area contributed by atoms with Gasteiger partial charge in [0.1, 0.15) is 29.2 Å². The van der Waals surface area contributed by atoms with Crippen LogP contribution in [0.3, 0.4) is 0 Å². The SMILES string of the molecule is CC(C)(O)CN/C=C\C(=N)NC(=O)[C@H](CC1CCCCC1)N1CC(Oc2cccc(F)c2)=CC1=O. The third-order valence-corrected chi connectivity index (χ3v) is 6.06. The molecule has 3 rings (SSSR count). The maximum atomic E-state index is 13.5. The minimum atomic E-state index is -0.907. The first-order valence-electron chi connectivity index (χ1n) is 12.1. The highest BCUT2D eigenvalue weighted by atomic mass is 19.1. The standard InChI is InChI=1S/C26H35FN4O4/c1-26(2,34)17-29-12-11-23(28)30-25(33)22(13-18-7-4-3-5-8-18)31-16-21(15-24(31)32)35-20-10-6-9-19(27)14-20/h6,9-12,14-15,18,22,29,34H,3-5,7-8,13,16-17H2,1-2H3,(H2,28,30,33)/b12-11-/t22-/m0/s1. The number of halogens is 1. The van der Waals surface area contributed by atoms with Gasteiger partial charge >= 0.3 is 0 Å². The highest BCUT2D eigenvalue weighted by molar-refractivity contribution is 6.05. The Morgan fingerprint density at radius 2 is 2.09 bits per heavy atom. The Kier molecular flexibility index (Phi) is 9.03. The average Bonchev–Trinajstić information content (AvgIpc) is 3.14. The van der Waals surface area contributed by atoms with Gasteiger partial charge in [0.25, 0.3) is 5.91 Å². The van der Waals surface area contributed by atoms with E-state index in [0.717, 1.165) is 25.7 Å². The number of amides is 2. The number of benzene rings is 1. The molecule has 1 aliphatic carbocycles. The van der Waals surface area contributed by atoms with Crippen LogP contribution in [0.25, 0.3) is 0 Å². The van der Waals surface area contributed by atoms with Crippen molar-refractivity contribution in [1.82, 2.24) is 15.5 Å². The number of rotatable bonds is 10. The van der Waals surface area contributed by atoms with Gasteiger partial charge in [0.05, 0.1) is 12.1 Å². The molecule has 1 fully saturated rings. The summed E-state index contributed by atoms with van der Waals surface area (Å²) in [5.41, 5.74) is -0.907. The molecule has 1 aromatic rings. The maximum Gasteiger partial charge on any atom is 0.251 e. The third kappa shape index (κ3) is 8.51. The second-order valence-corrected chi connectivity index (χ2v) is 9.82. The lowest BCUT2D eigenvalue weighted by atomic mass is 9.84. The second-order valence-electron chi connectivity index (χ2n) is 9.82. The average molecular weight is 487 g/mol. The number of hydrogen-bond donors (Lipinski definition) is 4. The number of carbonyl (C=O) groups is 2. The zero-order valence-electron chi connectivity index (χ0n) is 20.4. The molecular weight excluding hydrogens is 451 g/mol. The van der Waals surface area contributed by atoms with Gasteiger partial charge < -0.3 is 25.4 Å². The number of carbonyl (C=O) groups excluding carboxylic acids is 2. The fourth-order valence-corrected chi connectivity index (χ4v) is 4.34. The number of amidine groups is 1. The summed E-state index contributed by atoms with van der Waals surface area (Å²) in [6, 6.07) is 4.91. The molecule has 1 aromatic carbocycles. The van der Waals surface area contributed by atoms with E-state index in [9.17, 15) is 19.1 Å². The molecule has 4 N–H and O–H groups in total. The lowest BCUT2D eigenvalue weighted by molar-refractivity contribution is -0.135. The number of nitrogens with zero attached hydrogens (tertiary/aromatic N) is 1. The Hall–Kier alpha value is -3.20. The molecule has 1 heterocycles. The monoisotopic (exact) mass is 486 g/mol. The predicted octanol–water partition coefficient (Wildman–Crippen LogP) is 3.24. The molecule has 1 atom stereocenters. The first-order chi connectivity index (χ1) is 16.6. The Labute approximate surface area is 205 Å². The van der Waals surface area contributed by atoms with Gasteiger partial charge in [0.15, 0.2) is 0 Å². The molecule has 0 unspecified atom stereocenters. The zero-order valence-corrected chi connectivity index (χ0v) is 20.4. The van der Waals surface area contributed by atoms with Crippen molar-refractivity contribution in [3.63, 3.8) is 0 Å². The van der Waals surface area contributed by atoms with Crippen molar-refractivity contribution < 1.29 is 23.8 Å². The first-order valence-corrected chi connectivity index (χ1v) is 12.1. The summed E-state index contributed by atoms with van der Waals surface area (Å²) in [5.74, 6) is -0.399. The van der Waals surface area contributed by atoms with Crippen LogP contribution < -0.4 is 15.4 Å². The summed E-state index contributed by atoms with van der Waals surface area (Å²) in [7, 11) is 0. The molecule has 0 radical (unpaired) electrons. The summed E-state index contributed by atoms with van der Waals surface area (Å²) in [4.78, 5) is 27.5. The van der Waals surface area contributed by atoms with Crippen molar-refractivity contribution in [1.29, 1.82) is 5.41 Å². The normalized spacial score (nSPS) is 17.9. The van der Waals surface area contributed by atoms with Crippen molar-refractivity contribution >= 4 is 17.6 Å². The minimum Gasteiger partial charge on any atom is -0.460 e. The van der Waals surface area contributed by atoms with Crippen molar-refractivity contribution in [2.24, 2.45) is 5.92 Å². The van der Waals surface area contributed by atoms with Crippen LogP contribution in [0.5, 0.6) is 5.75 Å². The van der Waals surface area contributed by atoms with E-state index in [1.807, 2.05) is 0 Å². The summed E-state index contributed by atoms with van der Waals surface area (Å²) in [5, 5.41) is 23.3. The number of nitrogens with one attached hydrogen (secondary N) is 3. The van der Waals surface area contributed by atoms with Gasteiger partial charge in [-0.05, 0) is 44.4 Å². The predicted molar refractivity (Wildman–Crippen MR) is 131 cm³/mol. The van der Waals surface area contributed by atoms with Gasteiger partial charge in [0.2, 0.25) is 5.91 Å². The summed E-state index contributed by atoms with van der Waals surface area (Å²) < 4.78 is 19.2. The fourth-order valence-electron chi connectivity index (χ4n) is 4.34. The molecule has 1 aliphatic heterocycles. The van der Waals surface area contributed by atoms with Crippen molar-refractivity contribution in [3.05, 3.63) is 54.2 Å². The third-order valence-electron chi connectivity index (χ3n) is 6.06. The molecule has 9 heteroatoms.